The summed E-state index contributed by atoms with van der Waals surface area (Å²) in [7, 11) is 0. The summed E-state index contributed by atoms with van der Waals surface area (Å²) in [5, 5.41) is 5.75. The van der Waals surface area contributed by atoms with E-state index >= 15 is 0 Å². The number of fused-ring (bicyclic) bond motifs is 5. The fourth-order valence-electron chi connectivity index (χ4n) is 6.42. The van der Waals surface area contributed by atoms with Crippen molar-refractivity contribution >= 4 is 11.6 Å². The predicted molar refractivity (Wildman–Crippen MR) is 124 cm³/mol. The molecule has 0 N–H and O–H groups in total. The quantitative estimate of drug-likeness (QED) is 0.606. The average molecular weight is 401 g/mol. The van der Waals surface area contributed by atoms with Gasteiger partial charge < -0.3 is 0 Å². The molecule has 0 amide bonds. The van der Waals surface area contributed by atoms with Crippen molar-refractivity contribution in [1.29, 1.82) is 0 Å². The lowest BCUT2D eigenvalue weighted by Crippen LogP contribution is -2.34. The van der Waals surface area contributed by atoms with Gasteiger partial charge >= 0.3 is 0 Å². The molecule has 0 spiro atoms. The van der Waals surface area contributed by atoms with Gasteiger partial charge in [-0.2, -0.15) is 0 Å². The van der Waals surface area contributed by atoms with E-state index in [1.165, 1.54) is 64.2 Å². The normalized spacial score (nSPS) is 23.3. The molecule has 2 atom stereocenters. The second kappa shape index (κ2) is 6.79. The summed E-state index contributed by atoms with van der Waals surface area (Å²) in [6, 6.07) is 17.9. The fourth-order valence-corrected chi connectivity index (χ4v) is 6.42. The number of hydrogen-bond donors (Lipinski definition) is 0. The molecule has 1 aromatic heterocycles. The summed E-state index contributed by atoms with van der Waals surface area (Å²) in [5.41, 5.74) is 7.16. The molecule has 1 nitrogen and oxygen atoms in total. The first kappa shape index (κ1) is 17.7. The van der Waals surface area contributed by atoms with E-state index in [2.05, 4.69) is 60.7 Å². The molecule has 0 bridgehead atoms. The monoisotopic (exact) mass is 400 g/mol. The van der Waals surface area contributed by atoms with Gasteiger partial charge in [-0.1, -0.05) is 73.9 Å². The zero-order valence-electron chi connectivity index (χ0n) is 17.8. The maximum Gasteiger partial charge on any atom is 0.0591 e. The molecule has 4 aliphatic rings. The summed E-state index contributed by atoms with van der Waals surface area (Å²) < 4.78 is 0. The van der Waals surface area contributed by atoms with Crippen molar-refractivity contribution < 1.29 is 0 Å². The molecule has 0 aliphatic heterocycles. The van der Waals surface area contributed by atoms with Crippen LogP contribution in [-0.2, 0) is 12.8 Å². The standard InChI is InChI=1S/C30H26N/c1-2-9-23-20(5-1)10-12-25-24(23)14-15-26-28(25)17-22(19-6-3-7-19)18-29(26)27-13-11-21-8-4-16-31-30(21)27/h1-2,4-5,8-10,13-16,19,22,27H,3,6-7,12,17-18H2. The molecule has 2 unspecified atom stereocenters. The summed E-state index contributed by atoms with van der Waals surface area (Å²) in [6.45, 7) is 0. The molecule has 1 fully saturated rings. The minimum absolute atomic E-state index is 0.288. The van der Waals surface area contributed by atoms with Gasteiger partial charge in [0.05, 0.1) is 5.69 Å². The number of pyridine rings is 1. The van der Waals surface area contributed by atoms with Gasteiger partial charge in [-0.25, -0.2) is 0 Å². The van der Waals surface area contributed by atoms with Crippen molar-refractivity contribution in [3.05, 3.63) is 110 Å². The van der Waals surface area contributed by atoms with E-state index in [4.69, 9.17) is 4.98 Å². The van der Waals surface area contributed by atoms with Crippen LogP contribution in [0.4, 0.5) is 0 Å². The largest absolute Gasteiger partial charge is 0.260 e. The van der Waals surface area contributed by atoms with Crippen molar-refractivity contribution in [2.45, 2.75) is 44.4 Å². The van der Waals surface area contributed by atoms with E-state index in [1.807, 2.05) is 12.3 Å². The maximum absolute atomic E-state index is 4.79. The van der Waals surface area contributed by atoms with Gasteiger partial charge in [0.1, 0.15) is 0 Å². The minimum atomic E-state index is 0.288. The van der Waals surface area contributed by atoms with Gasteiger partial charge in [-0.15, -0.1) is 0 Å². The van der Waals surface area contributed by atoms with Crippen LogP contribution in [0.25, 0.3) is 11.6 Å². The molecular weight excluding hydrogens is 374 g/mol. The number of allylic oxidation sites excluding steroid dienone is 1. The Morgan fingerprint density at radius 2 is 1.71 bits per heavy atom. The Bertz CT molecular complexity index is 1450. The molecule has 0 saturated heterocycles. The molecule has 2 aromatic carbocycles. The predicted octanol–water partition coefficient (Wildman–Crippen LogP) is 4.72. The van der Waals surface area contributed by atoms with Crippen molar-refractivity contribution in [2.24, 2.45) is 11.8 Å². The van der Waals surface area contributed by atoms with Gasteiger partial charge in [-0.05, 0) is 80.8 Å². The molecular formula is C30H26N. The third-order valence-corrected chi connectivity index (χ3v) is 8.23. The van der Waals surface area contributed by atoms with E-state index in [0.29, 0.717) is 0 Å². The number of hydrogen-bond acceptors (Lipinski definition) is 1. The first-order chi connectivity index (χ1) is 15.4. The Morgan fingerprint density at radius 3 is 2.61 bits per heavy atom. The Balaban J connectivity index is 1.50. The number of benzene rings is 2. The Hall–Kier alpha value is -2.93. The fraction of sp³-hybridized carbons (Fsp3) is 0.300. The Morgan fingerprint density at radius 1 is 0.806 bits per heavy atom. The van der Waals surface area contributed by atoms with Crippen LogP contribution in [0.2, 0.25) is 0 Å². The van der Waals surface area contributed by atoms with E-state index in [9.17, 15) is 0 Å². The average Bonchev–Trinajstić information content (AvgIpc) is 3.21. The van der Waals surface area contributed by atoms with E-state index in [1.54, 1.807) is 16.7 Å². The molecule has 1 heteroatoms. The summed E-state index contributed by atoms with van der Waals surface area (Å²) in [4.78, 5) is 4.79. The second-order valence-corrected chi connectivity index (χ2v) is 9.72. The van der Waals surface area contributed by atoms with Crippen LogP contribution in [0.3, 0.4) is 0 Å². The van der Waals surface area contributed by atoms with Gasteiger partial charge in [0, 0.05) is 17.7 Å². The van der Waals surface area contributed by atoms with Crippen LogP contribution in [0.5, 0.6) is 0 Å². The lowest BCUT2D eigenvalue weighted by atomic mass is 9.66. The first-order valence-electron chi connectivity index (χ1n) is 11.8. The Labute approximate surface area is 183 Å². The highest BCUT2D eigenvalue weighted by atomic mass is 14.7. The third kappa shape index (κ3) is 2.65. The lowest BCUT2D eigenvalue weighted by molar-refractivity contribution is 0.203. The van der Waals surface area contributed by atoms with Crippen LogP contribution in [0, 0.1) is 28.3 Å². The topological polar surface area (TPSA) is 12.9 Å². The number of aromatic nitrogens is 1. The lowest BCUT2D eigenvalue weighted by Gasteiger charge is -2.38. The van der Waals surface area contributed by atoms with E-state index < -0.39 is 0 Å². The van der Waals surface area contributed by atoms with Crippen LogP contribution in [-0.4, -0.2) is 4.98 Å². The molecule has 7 rings (SSSR count). The van der Waals surface area contributed by atoms with Crippen molar-refractivity contribution in [3.63, 3.8) is 0 Å². The van der Waals surface area contributed by atoms with E-state index in [-0.39, 0.29) is 5.92 Å². The van der Waals surface area contributed by atoms with Gasteiger partial charge in [-0.3, -0.25) is 4.98 Å². The number of nitrogens with zero attached hydrogens (tertiary/aromatic N) is 1. The second-order valence-electron chi connectivity index (χ2n) is 9.72. The molecule has 1 heterocycles. The van der Waals surface area contributed by atoms with Gasteiger partial charge in [0.15, 0.2) is 0 Å². The smallest absolute Gasteiger partial charge is 0.0591 e. The Kier molecular flexibility index (Phi) is 3.88. The molecule has 31 heavy (non-hydrogen) atoms. The highest BCUT2D eigenvalue weighted by Gasteiger charge is 2.35. The van der Waals surface area contributed by atoms with Crippen molar-refractivity contribution in [2.75, 3.05) is 0 Å². The van der Waals surface area contributed by atoms with Gasteiger partial charge in [0.25, 0.3) is 0 Å². The minimum Gasteiger partial charge on any atom is -0.260 e. The van der Waals surface area contributed by atoms with Gasteiger partial charge in [0.2, 0.25) is 0 Å². The van der Waals surface area contributed by atoms with Crippen LogP contribution in [0.1, 0.15) is 54.0 Å². The molecule has 4 aliphatic carbocycles. The number of rotatable bonds is 2. The van der Waals surface area contributed by atoms with Crippen molar-refractivity contribution in [3.8, 4) is 0 Å². The SMILES string of the molecule is [C]1=CC(C2=c3ccc4c(c3CC(C3CCC3)C2)CC=c2ccccc2=4)c2ncccc21. The zero-order valence-corrected chi connectivity index (χ0v) is 17.8. The molecule has 151 valence electrons. The molecule has 3 aromatic rings. The van der Waals surface area contributed by atoms with E-state index in [0.717, 1.165) is 18.3 Å². The van der Waals surface area contributed by atoms with Crippen LogP contribution >= 0.6 is 0 Å². The highest BCUT2D eigenvalue weighted by Crippen LogP contribution is 2.44. The first-order valence-corrected chi connectivity index (χ1v) is 11.8. The van der Waals surface area contributed by atoms with Crippen LogP contribution in [0.15, 0.2) is 60.8 Å². The maximum atomic E-state index is 4.79. The highest BCUT2D eigenvalue weighted by molar-refractivity contribution is 5.65. The van der Waals surface area contributed by atoms with Crippen LogP contribution < -0.4 is 10.4 Å². The summed E-state index contributed by atoms with van der Waals surface area (Å²) in [6.07, 6.45) is 17.9. The summed E-state index contributed by atoms with van der Waals surface area (Å²) >= 11 is 0. The summed E-state index contributed by atoms with van der Waals surface area (Å²) in [5.74, 6) is 1.97. The molecule has 1 radical (unpaired) electrons. The third-order valence-electron chi connectivity index (χ3n) is 8.23. The molecule has 1 saturated carbocycles. The van der Waals surface area contributed by atoms with Crippen molar-refractivity contribution in [1.82, 2.24) is 4.98 Å². The zero-order chi connectivity index (χ0) is 20.4.